The summed E-state index contributed by atoms with van der Waals surface area (Å²) in [5.41, 5.74) is 1.51. The number of cyclic esters (lactones) is 1. The SMILES string of the molecule is COc1ccc([C@H]2OC(=O)N(Cc3ccc(C)cc3)[C@]2(O)c2ccc(OC)cc2)cc1. The number of nitrogens with zero attached hydrogens (tertiary/aromatic N) is 1. The zero-order valence-corrected chi connectivity index (χ0v) is 17.7. The molecule has 6 heteroatoms. The maximum Gasteiger partial charge on any atom is 0.413 e. The topological polar surface area (TPSA) is 68.2 Å². The van der Waals surface area contributed by atoms with E-state index in [-0.39, 0.29) is 6.54 Å². The molecule has 1 heterocycles. The van der Waals surface area contributed by atoms with Gasteiger partial charge in [-0.2, -0.15) is 0 Å². The Bertz CT molecular complexity index is 1050. The van der Waals surface area contributed by atoms with Crippen LogP contribution in [0.25, 0.3) is 0 Å². The summed E-state index contributed by atoms with van der Waals surface area (Å²) in [6.07, 6.45) is -1.50. The van der Waals surface area contributed by atoms with Gasteiger partial charge in [0.05, 0.1) is 20.8 Å². The molecule has 0 saturated carbocycles. The van der Waals surface area contributed by atoms with Gasteiger partial charge in [-0.25, -0.2) is 4.79 Å². The van der Waals surface area contributed by atoms with Gasteiger partial charge in [-0.3, -0.25) is 4.90 Å². The second-order valence-corrected chi connectivity index (χ2v) is 7.56. The molecule has 1 amide bonds. The highest BCUT2D eigenvalue weighted by Crippen LogP contribution is 2.47. The monoisotopic (exact) mass is 419 g/mol. The van der Waals surface area contributed by atoms with Crippen LogP contribution in [0.3, 0.4) is 0 Å². The molecule has 6 nitrogen and oxygen atoms in total. The zero-order valence-electron chi connectivity index (χ0n) is 17.7. The quantitative estimate of drug-likeness (QED) is 0.635. The van der Waals surface area contributed by atoms with Crippen molar-refractivity contribution in [3.05, 3.63) is 95.1 Å². The van der Waals surface area contributed by atoms with Crippen LogP contribution in [0.4, 0.5) is 4.79 Å². The van der Waals surface area contributed by atoms with Gasteiger partial charge in [0, 0.05) is 5.56 Å². The fraction of sp³-hybridized carbons (Fsp3) is 0.240. The van der Waals surface area contributed by atoms with Crippen LogP contribution >= 0.6 is 0 Å². The maximum atomic E-state index is 13.0. The van der Waals surface area contributed by atoms with E-state index in [1.807, 2.05) is 31.2 Å². The van der Waals surface area contributed by atoms with Crippen LogP contribution in [-0.2, 0) is 17.0 Å². The molecule has 31 heavy (non-hydrogen) atoms. The Morgan fingerprint density at radius 3 is 2.00 bits per heavy atom. The van der Waals surface area contributed by atoms with E-state index in [4.69, 9.17) is 14.2 Å². The van der Waals surface area contributed by atoms with Gasteiger partial charge in [0.25, 0.3) is 0 Å². The first-order valence-corrected chi connectivity index (χ1v) is 10.0. The van der Waals surface area contributed by atoms with E-state index in [2.05, 4.69) is 0 Å². The van der Waals surface area contributed by atoms with Crippen LogP contribution in [0, 0.1) is 6.92 Å². The molecule has 3 aromatic rings. The van der Waals surface area contributed by atoms with Crippen LogP contribution in [0.2, 0.25) is 0 Å². The van der Waals surface area contributed by atoms with Crippen LogP contribution in [0.1, 0.15) is 28.4 Å². The highest BCUT2D eigenvalue weighted by molar-refractivity contribution is 5.72. The molecule has 0 aliphatic carbocycles. The number of aliphatic hydroxyl groups is 1. The first-order valence-electron chi connectivity index (χ1n) is 10.0. The van der Waals surface area contributed by atoms with Gasteiger partial charge < -0.3 is 19.3 Å². The number of benzene rings is 3. The minimum Gasteiger partial charge on any atom is -0.497 e. The lowest BCUT2D eigenvalue weighted by Gasteiger charge is -2.35. The summed E-state index contributed by atoms with van der Waals surface area (Å²) in [6, 6.07) is 22.0. The second-order valence-electron chi connectivity index (χ2n) is 7.56. The Hall–Kier alpha value is -3.51. The Morgan fingerprint density at radius 1 is 0.903 bits per heavy atom. The van der Waals surface area contributed by atoms with Gasteiger partial charge >= 0.3 is 6.09 Å². The smallest absolute Gasteiger partial charge is 0.413 e. The Kier molecular flexibility index (Phi) is 5.57. The predicted molar refractivity (Wildman–Crippen MR) is 116 cm³/mol. The number of amides is 1. The van der Waals surface area contributed by atoms with Crippen LogP contribution in [-0.4, -0.2) is 30.3 Å². The van der Waals surface area contributed by atoms with Crippen molar-refractivity contribution in [1.29, 1.82) is 0 Å². The first kappa shape index (κ1) is 20.8. The Labute approximate surface area is 181 Å². The third kappa shape index (κ3) is 3.82. The number of aryl methyl sites for hydroxylation is 1. The number of carbonyl (C=O) groups excluding carboxylic acids is 1. The first-order chi connectivity index (χ1) is 15.0. The third-order valence-electron chi connectivity index (χ3n) is 5.61. The largest absolute Gasteiger partial charge is 0.497 e. The zero-order chi connectivity index (χ0) is 22.0. The molecule has 4 rings (SSSR count). The highest BCUT2D eigenvalue weighted by Gasteiger charge is 2.56. The molecule has 0 bridgehead atoms. The summed E-state index contributed by atoms with van der Waals surface area (Å²) in [5, 5.41) is 12.0. The van der Waals surface area contributed by atoms with Gasteiger partial charge in [0.1, 0.15) is 11.5 Å². The lowest BCUT2D eigenvalue weighted by Crippen LogP contribution is -2.45. The van der Waals surface area contributed by atoms with E-state index in [9.17, 15) is 9.90 Å². The van der Waals surface area contributed by atoms with Gasteiger partial charge in [0.2, 0.25) is 5.72 Å². The Morgan fingerprint density at radius 2 is 1.45 bits per heavy atom. The lowest BCUT2D eigenvalue weighted by atomic mass is 9.90. The van der Waals surface area contributed by atoms with Gasteiger partial charge in [-0.05, 0) is 42.3 Å². The fourth-order valence-electron chi connectivity index (χ4n) is 3.81. The molecule has 1 N–H and O–H groups in total. The molecule has 0 aromatic heterocycles. The fourth-order valence-corrected chi connectivity index (χ4v) is 3.81. The standard InChI is InChI=1S/C25H25NO5/c1-17-4-6-18(7-5-17)16-26-24(27)31-23(19-8-12-21(29-2)13-9-19)25(26,28)20-10-14-22(30-3)15-11-20/h4-15,23,28H,16H2,1-3H3/t23-,25+/m1/s1. The van der Waals surface area contributed by atoms with Gasteiger partial charge in [0.15, 0.2) is 6.10 Å². The molecule has 0 radical (unpaired) electrons. The van der Waals surface area contributed by atoms with Crippen LogP contribution < -0.4 is 9.47 Å². The number of rotatable bonds is 6. The average Bonchev–Trinajstić information content (AvgIpc) is 3.06. The summed E-state index contributed by atoms with van der Waals surface area (Å²) in [6.45, 7) is 2.20. The molecule has 1 saturated heterocycles. The van der Waals surface area contributed by atoms with E-state index in [1.54, 1.807) is 62.8 Å². The van der Waals surface area contributed by atoms with Crippen molar-refractivity contribution >= 4 is 6.09 Å². The molecule has 3 aromatic carbocycles. The molecule has 1 aliphatic rings. The van der Waals surface area contributed by atoms with E-state index >= 15 is 0 Å². The number of hydrogen-bond acceptors (Lipinski definition) is 5. The van der Waals surface area contributed by atoms with Crippen molar-refractivity contribution in [2.75, 3.05) is 14.2 Å². The number of methoxy groups -OCH3 is 2. The summed E-state index contributed by atoms with van der Waals surface area (Å²) < 4.78 is 16.2. The molecule has 2 atom stereocenters. The molecule has 1 fully saturated rings. The van der Waals surface area contributed by atoms with Crippen LogP contribution in [0.15, 0.2) is 72.8 Å². The summed E-state index contributed by atoms with van der Waals surface area (Å²) >= 11 is 0. The summed E-state index contributed by atoms with van der Waals surface area (Å²) in [4.78, 5) is 14.3. The van der Waals surface area contributed by atoms with Crippen molar-refractivity contribution in [3.8, 4) is 11.5 Å². The lowest BCUT2D eigenvalue weighted by molar-refractivity contribution is -0.113. The van der Waals surface area contributed by atoms with E-state index in [0.717, 1.165) is 11.1 Å². The average molecular weight is 419 g/mol. The molecule has 0 unspecified atom stereocenters. The maximum absolute atomic E-state index is 13.0. The normalized spacial score (nSPS) is 20.5. The van der Waals surface area contributed by atoms with Crippen molar-refractivity contribution in [1.82, 2.24) is 4.90 Å². The van der Waals surface area contributed by atoms with Crippen molar-refractivity contribution in [2.45, 2.75) is 25.3 Å². The van der Waals surface area contributed by atoms with Crippen molar-refractivity contribution in [2.24, 2.45) is 0 Å². The molecule has 0 spiro atoms. The van der Waals surface area contributed by atoms with E-state index in [0.29, 0.717) is 22.6 Å². The highest BCUT2D eigenvalue weighted by atomic mass is 16.6. The van der Waals surface area contributed by atoms with Crippen molar-refractivity contribution < 1.29 is 24.1 Å². The minimum atomic E-state index is -1.71. The van der Waals surface area contributed by atoms with E-state index in [1.165, 1.54) is 4.90 Å². The second kappa shape index (κ2) is 8.32. The number of ether oxygens (including phenoxy) is 3. The summed E-state index contributed by atoms with van der Waals surface area (Å²) in [7, 11) is 3.16. The Balaban J connectivity index is 1.78. The minimum absolute atomic E-state index is 0.203. The van der Waals surface area contributed by atoms with Crippen molar-refractivity contribution in [3.63, 3.8) is 0 Å². The number of carbonyl (C=O) groups is 1. The van der Waals surface area contributed by atoms with Crippen LogP contribution in [0.5, 0.6) is 11.5 Å². The van der Waals surface area contributed by atoms with E-state index < -0.39 is 17.9 Å². The third-order valence-corrected chi connectivity index (χ3v) is 5.61. The molecule has 160 valence electrons. The molecular formula is C25H25NO5. The van der Waals surface area contributed by atoms with Gasteiger partial charge in [-0.15, -0.1) is 0 Å². The summed E-state index contributed by atoms with van der Waals surface area (Å²) in [5.74, 6) is 1.33. The molecule has 1 aliphatic heterocycles. The van der Waals surface area contributed by atoms with Gasteiger partial charge in [-0.1, -0.05) is 54.1 Å². The predicted octanol–water partition coefficient (Wildman–Crippen LogP) is 4.55. The molecular weight excluding hydrogens is 394 g/mol. The number of hydrogen-bond donors (Lipinski definition) is 1.